The predicted octanol–water partition coefficient (Wildman–Crippen LogP) is 1.70. The van der Waals surface area contributed by atoms with Crippen LogP contribution in [0.4, 0.5) is 4.79 Å². The minimum Gasteiger partial charge on any atom is -0.347 e. The van der Waals surface area contributed by atoms with E-state index in [1.807, 2.05) is 6.92 Å². The summed E-state index contributed by atoms with van der Waals surface area (Å²) in [6, 6.07) is -3.27. The first-order valence-corrected chi connectivity index (χ1v) is 20.8. The lowest BCUT2D eigenvalue weighted by Gasteiger charge is -2.44. The fourth-order valence-corrected chi connectivity index (χ4v) is 10.1. The molecule has 5 rings (SSSR count). The number of hydrogen-bond donors (Lipinski definition) is 5. The summed E-state index contributed by atoms with van der Waals surface area (Å²) in [5.41, 5.74) is -1.53. The van der Waals surface area contributed by atoms with Gasteiger partial charge in [0.15, 0.2) is 0 Å². The molecule has 0 spiro atoms. The van der Waals surface area contributed by atoms with Gasteiger partial charge >= 0.3 is 6.03 Å². The average molecular weight is 722 g/mol. The van der Waals surface area contributed by atoms with E-state index in [4.69, 9.17) is 0 Å². The first-order chi connectivity index (χ1) is 23.7. The molecule has 1 saturated heterocycles. The Labute approximate surface area is 298 Å². The van der Waals surface area contributed by atoms with Gasteiger partial charge in [0.05, 0.1) is 25.7 Å². The number of likely N-dealkylation sites (tertiary alicyclic amines) is 1. The number of sulfonamides is 1. The van der Waals surface area contributed by atoms with Crippen molar-refractivity contribution in [1.29, 1.82) is 0 Å². The van der Waals surface area contributed by atoms with Gasteiger partial charge in [-0.25, -0.2) is 9.10 Å². The Balaban J connectivity index is 1.33. The maximum atomic E-state index is 14.6. The van der Waals surface area contributed by atoms with Crippen LogP contribution >= 0.6 is 0 Å². The molecule has 282 valence electrons. The Bertz CT molecular complexity index is 1380. The topological polar surface area (TPSA) is 175 Å². The van der Waals surface area contributed by atoms with Gasteiger partial charge < -0.3 is 26.2 Å². The van der Waals surface area contributed by atoms with Gasteiger partial charge in [-0.1, -0.05) is 58.3 Å². The maximum Gasteiger partial charge on any atom is 0.315 e. The van der Waals surface area contributed by atoms with Gasteiger partial charge in [0.25, 0.3) is 15.9 Å². The molecular weight excluding hydrogens is 660 g/mol. The van der Waals surface area contributed by atoms with Gasteiger partial charge in [-0.15, -0.1) is 0 Å². The molecule has 0 bridgehead atoms. The number of carbonyl (C=O) groups excluding carboxylic acids is 5. The highest BCUT2D eigenvalue weighted by atomic mass is 32.2. The third-order valence-electron chi connectivity index (χ3n) is 12.3. The Hall–Kier alpha value is -2.74. The van der Waals surface area contributed by atoms with Crippen LogP contribution in [0.3, 0.4) is 0 Å². The molecule has 4 saturated carbocycles. The molecule has 1 aliphatic heterocycles. The minimum absolute atomic E-state index is 0.0201. The summed E-state index contributed by atoms with van der Waals surface area (Å²) in [5, 5.41) is 10.9. The van der Waals surface area contributed by atoms with Crippen molar-refractivity contribution in [3.05, 3.63) is 0 Å². The van der Waals surface area contributed by atoms with E-state index in [-0.39, 0.29) is 11.9 Å². The Morgan fingerprint density at radius 3 is 2.04 bits per heavy atom. The summed E-state index contributed by atoms with van der Waals surface area (Å²) in [6.45, 7) is 4.02. The molecule has 0 radical (unpaired) electrons. The highest BCUT2D eigenvalue weighted by Crippen LogP contribution is 2.41. The second-order valence-electron chi connectivity index (χ2n) is 16.4. The van der Waals surface area contributed by atoms with E-state index in [1.165, 1.54) is 0 Å². The van der Waals surface area contributed by atoms with Gasteiger partial charge in [-0.2, -0.15) is 8.42 Å². The van der Waals surface area contributed by atoms with Crippen LogP contribution in [0.5, 0.6) is 0 Å². The molecule has 4 atom stereocenters. The van der Waals surface area contributed by atoms with E-state index in [2.05, 4.69) is 21.3 Å². The van der Waals surface area contributed by atoms with E-state index in [1.54, 1.807) is 25.9 Å². The van der Waals surface area contributed by atoms with E-state index in [0.717, 1.165) is 83.5 Å². The smallest absolute Gasteiger partial charge is 0.315 e. The molecular formula is C36H61N6O7S+. The summed E-state index contributed by atoms with van der Waals surface area (Å²) in [4.78, 5) is 70.0. The number of nitrogens with zero attached hydrogens (tertiary/aromatic N) is 1. The van der Waals surface area contributed by atoms with Crippen LogP contribution in [0.25, 0.3) is 0 Å². The molecule has 1 heterocycles. The summed E-state index contributed by atoms with van der Waals surface area (Å²) >= 11 is 0. The predicted molar refractivity (Wildman–Crippen MR) is 188 cm³/mol. The molecule has 13 nitrogen and oxygen atoms in total. The zero-order valence-corrected chi connectivity index (χ0v) is 31.4. The fraction of sp³-hybridized carbons (Fsp3) is 0.861. The molecule has 5 amide bonds. The van der Waals surface area contributed by atoms with Crippen LogP contribution < -0.4 is 25.6 Å². The van der Waals surface area contributed by atoms with E-state index in [0.29, 0.717) is 48.9 Å². The number of rotatable bonds is 15. The third kappa shape index (κ3) is 9.00. The molecule has 4 aliphatic carbocycles. The van der Waals surface area contributed by atoms with Gasteiger partial charge in [0.2, 0.25) is 17.6 Å². The van der Waals surface area contributed by atoms with Gasteiger partial charge in [-0.3, -0.25) is 19.2 Å². The fourth-order valence-electron chi connectivity index (χ4n) is 8.50. The van der Waals surface area contributed by atoms with Crippen LogP contribution in [-0.2, 0) is 29.2 Å². The maximum absolute atomic E-state index is 14.6. The van der Waals surface area contributed by atoms with Crippen molar-refractivity contribution in [2.75, 3.05) is 20.6 Å². The number of hydrogen-bond acceptors (Lipinski definition) is 7. The second kappa shape index (κ2) is 15.9. The van der Waals surface area contributed by atoms with Crippen LogP contribution in [0.1, 0.15) is 129 Å². The summed E-state index contributed by atoms with van der Waals surface area (Å²) < 4.78 is 27.0. The van der Waals surface area contributed by atoms with Gasteiger partial charge in [0.1, 0.15) is 17.3 Å². The van der Waals surface area contributed by atoms with Crippen molar-refractivity contribution in [2.45, 2.75) is 164 Å². The summed E-state index contributed by atoms with van der Waals surface area (Å²) in [6.07, 6.45) is 13.9. The Kier molecular flexibility index (Phi) is 12.2. The van der Waals surface area contributed by atoms with Crippen LogP contribution in [0.15, 0.2) is 0 Å². The van der Waals surface area contributed by atoms with Gasteiger partial charge in [0, 0.05) is 12.6 Å². The number of amides is 5. The molecule has 14 heteroatoms. The molecule has 0 aromatic carbocycles. The zero-order valence-electron chi connectivity index (χ0n) is 30.6. The quantitative estimate of drug-likeness (QED) is 0.160. The van der Waals surface area contributed by atoms with Gasteiger partial charge in [-0.05, 0) is 82.5 Å². The highest BCUT2D eigenvalue weighted by molar-refractivity contribution is 7.85. The molecule has 5 N–H and O–H groups in total. The largest absolute Gasteiger partial charge is 0.347 e. The molecule has 0 unspecified atom stereocenters. The first kappa shape index (κ1) is 38.5. The molecule has 5 fully saturated rings. The zero-order chi connectivity index (χ0) is 36.3. The number of quaternary nitrogens is 1. The molecule has 0 aromatic heterocycles. The van der Waals surface area contributed by atoms with E-state index in [9.17, 15) is 32.4 Å². The van der Waals surface area contributed by atoms with E-state index < -0.39 is 68.0 Å². The SMILES string of the molecule is C[C@H](C1(NC(=O)N[C@H](C(=O)N2CCC[C@H]2C(=O)N[C@@H](CCC2CC2)C(=O)C(=O)NC2CC2)C2(C)CCCCC2)CCCCC1)S(=O)(=O)[NH+](C)C. The van der Waals surface area contributed by atoms with Crippen molar-refractivity contribution < 1.29 is 36.7 Å². The number of Topliss-reactive ketones (excluding diaryl/α,β-unsaturated/α-hetero) is 1. The van der Waals surface area contributed by atoms with Crippen molar-refractivity contribution in [1.82, 2.24) is 26.2 Å². The summed E-state index contributed by atoms with van der Waals surface area (Å²) in [7, 11) is -0.450. The molecule has 0 aromatic rings. The lowest BCUT2D eigenvalue weighted by atomic mass is 9.70. The number of ketones is 1. The van der Waals surface area contributed by atoms with Crippen LogP contribution in [-0.4, -0.2) is 98.4 Å². The van der Waals surface area contributed by atoms with Crippen molar-refractivity contribution >= 4 is 39.6 Å². The Morgan fingerprint density at radius 2 is 1.46 bits per heavy atom. The monoisotopic (exact) mass is 721 g/mol. The number of urea groups is 1. The highest BCUT2D eigenvalue weighted by Gasteiger charge is 2.50. The second-order valence-corrected chi connectivity index (χ2v) is 19.1. The van der Waals surface area contributed by atoms with Crippen molar-refractivity contribution in [3.8, 4) is 0 Å². The van der Waals surface area contributed by atoms with Crippen LogP contribution in [0.2, 0.25) is 0 Å². The number of nitrogens with one attached hydrogen (secondary N) is 5. The lowest BCUT2D eigenvalue weighted by molar-refractivity contribution is -0.718. The van der Waals surface area contributed by atoms with Crippen molar-refractivity contribution in [2.24, 2.45) is 11.3 Å². The van der Waals surface area contributed by atoms with E-state index >= 15 is 0 Å². The third-order valence-corrected chi connectivity index (χ3v) is 14.8. The van der Waals surface area contributed by atoms with Crippen molar-refractivity contribution in [3.63, 3.8) is 0 Å². The number of carbonyl (C=O) groups is 5. The molecule has 5 aliphatic rings. The summed E-state index contributed by atoms with van der Waals surface area (Å²) in [5.74, 6) is -1.60. The molecule has 50 heavy (non-hydrogen) atoms. The normalized spacial score (nSPS) is 25.2. The van der Waals surface area contributed by atoms with Crippen LogP contribution in [0, 0.1) is 11.3 Å². The Morgan fingerprint density at radius 1 is 0.840 bits per heavy atom. The first-order valence-electron chi connectivity index (χ1n) is 19.3. The average Bonchev–Trinajstić information content (AvgIpc) is 4.03. The minimum atomic E-state index is -3.61. The standard InChI is InChI=1S/C36H60N6O7S/c1-24(50(48,49)41(3)4)36(21-9-6-10-22-36)40-34(47)39-30(35(2)19-7-5-8-20-35)33(46)42-23-11-12-28(42)31(44)38-27(18-15-25-13-14-25)29(43)32(45)37-26-16-17-26/h24-28,30H,5-23H2,1-4H3,(H,37,45)(H,38,44)(H2,39,40,47)/p+1/t24-,27+,28+,30-/m1/s1. The lowest BCUT2D eigenvalue weighted by Crippen LogP contribution is -3.09.